The molecule has 0 saturated carbocycles. The molecule has 5 nitrogen and oxygen atoms in total. The second kappa shape index (κ2) is 9.59. The summed E-state index contributed by atoms with van der Waals surface area (Å²) in [6.45, 7) is 0.354. The van der Waals surface area contributed by atoms with Crippen molar-refractivity contribution in [2.45, 2.75) is 18.7 Å². The fraction of sp³-hybridized carbons (Fsp3) is 0.316. The first-order valence-electron chi connectivity index (χ1n) is 8.52. The van der Waals surface area contributed by atoms with Crippen molar-refractivity contribution in [3.05, 3.63) is 70.5 Å². The van der Waals surface area contributed by atoms with E-state index in [1.165, 1.54) is 43.4 Å². The van der Waals surface area contributed by atoms with E-state index in [1.54, 1.807) is 0 Å². The Morgan fingerprint density at radius 2 is 1.71 bits per heavy atom. The first-order chi connectivity index (χ1) is 13.2. The van der Waals surface area contributed by atoms with Crippen LogP contribution in [0.1, 0.15) is 16.7 Å². The summed E-state index contributed by atoms with van der Waals surface area (Å²) in [6, 6.07) is 7.59. The molecule has 9 heteroatoms. The topological polar surface area (TPSA) is 70.6 Å². The molecule has 0 heterocycles. The van der Waals surface area contributed by atoms with Crippen LogP contribution in [0.5, 0.6) is 0 Å². The van der Waals surface area contributed by atoms with Crippen molar-refractivity contribution in [1.82, 2.24) is 10.6 Å². The van der Waals surface area contributed by atoms with Crippen molar-refractivity contribution < 1.29 is 21.6 Å². The standard InChI is InChI=1S/C19H22F3N3O2S/c1-23-19(24-9-8-16-17(21)4-3-5-18(16)22)25-11-14-10-15(20)7-6-13(14)12-28(2,26)27/h3-7,10H,8-9,11-12H2,1-2H3,(H2,23,24,25). The minimum absolute atomic E-state index is 0.0222. The van der Waals surface area contributed by atoms with Crippen LogP contribution in [0, 0.1) is 17.5 Å². The number of sulfone groups is 1. The fourth-order valence-corrected chi connectivity index (χ4v) is 3.51. The number of guanidine groups is 1. The van der Waals surface area contributed by atoms with E-state index in [4.69, 9.17) is 0 Å². The smallest absolute Gasteiger partial charge is 0.191 e. The summed E-state index contributed by atoms with van der Waals surface area (Å²) in [5, 5.41) is 5.86. The number of halogens is 3. The Morgan fingerprint density at radius 1 is 1.04 bits per heavy atom. The van der Waals surface area contributed by atoms with Gasteiger partial charge in [0.05, 0.1) is 5.75 Å². The molecule has 0 fully saturated rings. The summed E-state index contributed by atoms with van der Waals surface area (Å²) in [6.07, 6.45) is 1.22. The molecule has 0 spiro atoms. The molecule has 2 aromatic carbocycles. The van der Waals surface area contributed by atoms with Gasteiger partial charge in [0.15, 0.2) is 15.8 Å². The fourth-order valence-electron chi connectivity index (χ4n) is 2.66. The summed E-state index contributed by atoms with van der Waals surface area (Å²) < 4.78 is 64.0. The van der Waals surface area contributed by atoms with Crippen molar-refractivity contribution in [1.29, 1.82) is 0 Å². The van der Waals surface area contributed by atoms with Crippen molar-refractivity contribution in [3.8, 4) is 0 Å². The second-order valence-electron chi connectivity index (χ2n) is 6.29. The molecule has 0 radical (unpaired) electrons. The number of hydrogen-bond acceptors (Lipinski definition) is 3. The number of aliphatic imine (C=N–C) groups is 1. The van der Waals surface area contributed by atoms with Gasteiger partial charge in [0.2, 0.25) is 0 Å². The van der Waals surface area contributed by atoms with Crippen molar-refractivity contribution >= 4 is 15.8 Å². The Balaban J connectivity index is 1.98. The van der Waals surface area contributed by atoms with Gasteiger partial charge in [-0.1, -0.05) is 12.1 Å². The van der Waals surface area contributed by atoms with Gasteiger partial charge in [-0.3, -0.25) is 4.99 Å². The normalized spacial score (nSPS) is 12.1. The average molecular weight is 413 g/mol. The van der Waals surface area contributed by atoms with Crippen LogP contribution in [-0.4, -0.2) is 34.2 Å². The largest absolute Gasteiger partial charge is 0.356 e. The Labute approximate surface area is 162 Å². The third-order valence-electron chi connectivity index (χ3n) is 3.99. The van der Waals surface area contributed by atoms with Crippen LogP contribution in [0.15, 0.2) is 41.4 Å². The van der Waals surface area contributed by atoms with Gasteiger partial charge in [-0.25, -0.2) is 21.6 Å². The van der Waals surface area contributed by atoms with Crippen molar-refractivity contribution in [2.24, 2.45) is 4.99 Å². The van der Waals surface area contributed by atoms with Crippen LogP contribution in [0.4, 0.5) is 13.2 Å². The molecule has 2 N–H and O–H groups in total. The van der Waals surface area contributed by atoms with Gasteiger partial charge in [0.1, 0.15) is 17.5 Å². The molecule has 0 bridgehead atoms. The number of rotatable bonds is 7. The molecule has 152 valence electrons. The second-order valence-corrected chi connectivity index (χ2v) is 8.43. The summed E-state index contributed by atoms with van der Waals surface area (Å²) in [7, 11) is -1.76. The Bertz CT molecular complexity index is 943. The molecule has 0 unspecified atom stereocenters. The highest BCUT2D eigenvalue weighted by Crippen LogP contribution is 2.15. The minimum Gasteiger partial charge on any atom is -0.356 e. The molecule has 0 aliphatic rings. The van der Waals surface area contributed by atoms with Gasteiger partial charge in [-0.05, 0) is 41.8 Å². The average Bonchev–Trinajstić information content (AvgIpc) is 2.61. The van der Waals surface area contributed by atoms with Crippen molar-refractivity contribution in [3.63, 3.8) is 0 Å². The van der Waals surface area contributed by atoms with Gasteiger partial charge in [0.25, 0.3) is 0 Å². The van der Waals surface area contributed by atoms with E-state index < -0.39 is 27.3 Å². The zero-order valence-electron chi connectivity index (χ0n) is 15.6. The Morgan fingerprint density at radius 3 is 2.32 bits per heavy atom. The first kappa shape index (κ1) is 21.7. The lowest BCUT2D eigenvalue weighted by molar-refractivity contribution is 0.553. The highest BCUT2D eigenvalue weighted by molar-refractivity contribution is 7.89. The van der Waals surface area contributed by atoms with E-state index in [2.05, 4.69) is 15.6 Å². The Hall–Kier alpha value is -2.55. The van der Waals surface area contributed by atoms with Crippen LogP contribution in [0.25, 0.3) is 0 Å². The molecule has 0 atom stereocenters. The quantitative estimate of drug-likeness (QED) is 0.541. The van der Waals surface area contributed by atoms with E-state index in [-0.39, 0.29) is 30.8 Å². The van der Waals surface area contributed by atoms with Gasteiger partial charge >= 0.3 is 0 Å². The molecule has 28 heavy (non-hydrogen) atoms. The highest BCUT2D eigenvalue weighted by atomic mass is 32.2. The molecular formula is C19H22F3N3O2S. The third kappa shape index (κ3) is 6.56. The van der Waals surface area contributed by atoms with E-state index in [1.807, 2.05) is 0 Å². The van der Waals surface area contributed by atoms with E-state index in [0.29, 0.717) is 17.1 Å². The third-order valence-corrected chi connectivity index (χ3v) is 4.82. The monoisotopic (exact) mass is 413 g/mol. The van der Waals surface area contributed by atoms with Crippen LogP contribution in [0.2, 0.25) is 0 Å². The van der Waals surface area contributed by atoms with Gasteiger partial charge < -0.3 is 10.6 Å². The maximum atomic E-state index is 13.6. The molecule has 0 saturated heterocycles. The SMILES string of the molecule is CN=C(NCCc1c(F)cccc1F)NCc1cc(F)ccc1CS(C)(=O)=O. The predicted octanol–water partition coefficient (Wildman–Crippen LogP) is 2.56. The predicted molar refractivity (Wildman–Crippen MR) is 103 cm³/mol. The molecule has 0 aliphatic carbocycles. The maximum Gasteiger partial charge on any atom is 0.191 e. The van der Waals surface area contributed by atoms with Crippen LogP contribution >= 0.6 is 0 Å². The van der Waals surface area contributed by atoms with Gasteiger partial charge in [-0.2, -0.15) is 0 Å². The van der Waals surface area contributed by atoms with Gasteiger partial charge in [0, 0.05) is 32.0 Å². The molecule has 2 rings (SSSR count). The minimum atomic E-state index is -3.28. The number of benzene rings is 2. The lowest BCUT2D eigenvalue weighted by atomic mass is 10.1. The zero-order valence-corrected chi connectivity index (χ0v) is 16.4. The summed E-state index contributed by atoms with van der Waals surface area (Å²) in [5.74, 6) is -1.58. The lowest BCUT2D eigenvalue weighted by Gasteiger charge is -2.14. The van der Waals surface area contributed by atoms with E-state index >= 15 is 0 Å². The van der Waals surface area contributed by atoms with Crippen LogP contribution < -0.4 is 10.6 Å². The molecule has 2 aromatic rings. The molecule has 0 aliphatic heterocycles. The van der Waals surface area contributed by atoms with Crippen LogP contribution in [0.3, 0.4) is 0 Å². The molecule has 0 aromatic heterocycles. The Kier molecular flexibility index (Phi) is 7.45. The van der Waals surface area contributed by atoms with E-state index in [0.717, 1.165) is 6.26 Å². The number of hydrogen-bond donors (Lipinski definition) is 2. The van der Waals surface area contributed by atoms with Crippen LogP contribution in [-0.2, 0) is 28.6 Å². The van der Waals surface area contributed by atoms with Crippen molar-refractivity contribution in [2.75, 3.05) is 19.8 Å². The number of nitrogens with one attached hydrogen (secondary N) is 2. The first-order valence-corrected chi connectivity index (χ1v) is 10.6. The maximum absolute atomic E-state index is 13.6. The number of nitrogens with zero attached hydrogens (tertiary/aromatic N) is 1. The van der Waals surface area contributed by atoms with E-state index in [9.17, 15) is 21.6 Å². The molecule has 0 amide bonds. The summed E-state index contributed by atoms with van der Waals surface area (Å²) in [4.78, 5) is 4.00. The summed E-state index contributed by atoms with van der Waals surface area (Å²) >= 11 is 0. The molecular weight excluding hydrogens is 391 g/mol. The zero-order chi connectivity index (χ0) is 20.7. The highest BCUT2D eigenvalue weighted by Gasteiger charge is 2.12. The van der Waals surface area contributed by atoms with Gasteiger partial charge in [-0.15, -0.1) is 0 Å². The lowest BCUT2D eigenvalue weighted by Crippen LogP contribution is -2.38. The summed E-state index contributed by atoms with van der Waals surface area (Å²) in [5.41, 5.74) is 0.944.